The normalized spacial score (nSPS) is 11.4. The van der Waals surface area contributed by atoms with Gasteiger partial charge in [-0.05, 0) is 24.1 Å². The lowest BCUT2D eigenvalue weighted by Crippen LogP contribution is -2.26. The van der Waals surface area contributed by atoms with Crippen LogP contribution in [0.2, 0.25) is 0 Å². The molecule has 0 aromatic heterocycles. The van der Waals surface area contributed by atoms with Crippen molar-refractivity contribution in [3.63, 3.8) is 0 Å². The zero-order chi connectivity index (χ0) is 12.0. The minimum Gasteiger partial charge on any atom is -0.497 e. The molecule has 0 radical (unpaired) electrons. The van der Waals surface area contributed by atoms with Gasteiger partial charge in [0.2, 0.25) is 10.0 Å². The standard InChI is InChI=1S/C10H15NO4S/c1-14-10-5-3-4-9(8-10)6-7-16(12,13)11-15-2/h3-5,8,11H,6-7H2,1-2H3. The van der Waals surface area contributed by atoms with Gasteiger partial charge >= 0.3 is 0 Å². The topological polar surface area (TPSA) is 64.6 Å². The highest BCUT2D eigenvalue weighted by Crippen LogP contribution is 2.13. The molecule has 16 heavy (non-hydrogen) atoms. The fraction of sp³-hybridized carbons (Fsp3) is 0.400. The third kappa shape index (κ3) is 4.18. The Bertz CT molecular complexity index is 430. The van der Waals surface area contributed by atoms with E-state index in [1.54, 1.807) is 7.11 Å². The highest BCUT2D eigenvalue weighted by atomic mass is 32.2. The van der Waals surface area contributed by atoms with E-state index in [4.69, 9.17) is 4.74 Å². The molecule has 0 saturated carbocycles. The number of hydrogen-bond acceptors (Lipinski definition) is 4. The van der Waals surface area contributed by atoms with Crippen LogP contribution in [-0.4, -0.2) is 28.4 Å². The smallest absolute Gasteiger partial charge is 0.233 e. The average molecular weight is 245 g/mol. The largest absolute Gasteiger partial charge is 0.497 e. The summed E-state index contributed by atoms with van der Waals surface area (Å²) in [5, 5.41) is 0. The second-order valence-electron chi connectivity index (χ2n) is 3.21. The Hall–Kier alpha value is -1.11. The van der Waals surface area contributed by atoms with E-state index in [-0.39, 0.29) is 5.75 Å². The summed E-state index contributed by atoms with van der Waals surface area (Å²) in [7, 11) is -0.524. The molecular formula is C10H15NO4S. The second-order valence-corrected chi connectivity index (χ2v) is 5.01. The molecule has 0 unspecified atom stereocenters. The van der Waals surface area contributed by atoms with Crippen molar-refractivity contribution in [2.45, 2.75) is 6.42 Å². The van der Waals surface area contributed by atoms with Gasteiger partial charge in [-0.1, -0.05) is 17.0 Å². The molecular weight excluding hydrogens is 230 g/mol. The van der Waals surface area contributed by atoms with Gasteiger partial charge in [0, 0.05) is 0 Å². The first kappa shape index (κ1) is 13.0. The van der Waals surface area contributed by atoms with Gasteiger partial charge in [-0.2, -0.15) is 0 Å². The van der Waals surface area contributed by atoms with E-state index in [0.717, 1.165) is 11.3 Å². The monoisotopic (exact) mass is 245 g/mol. The van der Waals surface area contributed by atoms with E-state index < -0.39 is 10.0 Å². The van der Waals surface area contributed by atoms with Crippen LogP contribution in [0.5, 0.6) is 5.75 Å². The number of ether oxygens (including phenoxy) is 1. The molecule has 1 aromatic rings. The molecule has 0 atom stereocenters. The van der Waals surface area contributed by atoms with Gasteiger partial charge in [0.1, 0.15) is 5.75 Å². The lowest BCUT2D eigenvalue weighted by molar-refractivity contribution is 0.153. The first-order chi connectivity index (χ1) is 7.57. The molecule has 0 amide bonds. The Labute approximate surface area is 95.4 Å². The number of nitrogens with one attached hydrogen (secondary N) is 1. The highest BCUT2D eigenvalue weighted by Gasteiger charge is 2.09. The fourth-order valence-electron chi connectivity index (χ4n) is 1.25. The molecule has 0 aliphatic rings. The van der Waals surface area contributed by atoms with Gasteiger partial charge in [0.05, 0.1) is 20.0 Å². The van der Waals surface area contributed by atoms with Crippen LogP contribution in [0.3, 0.4) is 0 Å². The summed E-state index contributed by atoms with van der Waals surface area (Å²) >= 11 is 0. The Morgan fingerprint density at radius 1 is 1.31 bits per heavy atom. The molecule has 90 valence electrons. The van der Waals surface area contributed by atoms with Crippen molar-refractivity contribution in [3.8, 4) is 5.75 Å². The molecule has 0 bridgehead atoms. The van der Waals surface area contributed by atoms with Gasteiger partial charge in [-0.15, -0.1) is 0 Å². The van der Waals surface area contributed by atoms with E-state index in [0.29, 0.717) is 6.42 Å². The van der Waals surface area contributed by atoms with Crippen molar-refractivity contribution in [1.82, 2.24) is 4.89 Å². The third-order valence-corrected chi connectivity index (χ3v) is 3.17. The molecule has 0 heterocycles. The maximum absolute atomic E-state index is 11.3. The number of aryl methyl sites for hydroxylation is 1. The van der Waals surface area contributed by atoms with Crippen molar-refractivity contribution in [2.24, 2.45) is 0 Å². The molecule has 6 heteroatoms. The Morgan fingerprint density at radius 2 is 2.06 bits per heavy atom. The van der Waals surface area contributed by atoms with Gasteiger partial charge < -0.3 is 4.74 Å². The summed E-state index contributed by atoms with van der Waals surface area (Å²) in [5.74, 6) is 0.697. The lowest BCUT2D eigenvalue weighted by atomic mass is 10.2. The van der Waals surface area contributed by atoms with E-state index >= 15 is 0 Å². The van der Waals surface area contributed by atoms with Gasteiger partial charge in [0.15, 0.2) is 0 Å². The molecule has 0 aliphatic heterocycles. The van der Waals surface area contributed by atoms with Crippen LogP contribution in [0.4, 0.5) is 0 Å². The SMILES string of the molecule is CONS(=O)(=O)CCc1cccc(OC)c1. The second kappa shape index (κ2) is 5.83. The maximum Gasteiger partial charge on any atom is 0.233 e. The molecule has 0 aliphatic carbocycles. The first-order valence-electron chi connectivity index (χ1n) is 4.73. The van der Waals surface area contributed by atoms with E-state index in [1.807, 2.05) is 29.2 Å². The number of rotatable bonds is 6. The van der Waals surface area contributed by atoms with Crippen molar-refractivity contribution < 1.29 is 18.0 Å². The van der Waals surface area contributed by atoms with Crippen LogP contribution in [0, 0.1) is 0 Å². The average Bonchev–Trinajstić information content (AvgIpc) is 2.27. The minimum absolute atomic E-state index is 0.0198. The van der Waals surface area contributed by atoms with E-state index in [9.17, 15) is 8.42 Å². The molecule has 0 spiro atoms. The van der Waals surface area contributed by atoms with Crippen LogP contribution >= 0.6 is 0 Å². The first-order valence-corrected chi connectivity index (χ1v) is 6.38. The summed E-state index contributed by atoms with van der Waals surface area (Å²) < 4.78 is 27.6. The van der Waals surface area contributed by atoms with Gasteiger partial charge in [0.25, 0.3) is 0 Å². The predicted molar refractivity (Wildman–Crippen MR) is 60.6 cm³/mol. The summed E-state index contributed by atoms with van der Waals surface area (Å²) in [6.45, 7) is 0. The Kier molecular flexibility index (Phi) is 4.72. The molecule has 0 saturated heterocycles. The molecule has 1 aromatic carbocycles. The maximum atomic E-state index is 11.3. The Morgan fingerprint density at radius 3 is 2.69 bits per heavy atom. The van der Waals surface area contributed by atoms with Crippen LogP contribution in [-0.2, 0) is 21.3 Å². The van der Waals surface area contributed by atoms with Crippen molar-refractivity contribution in [1.29, 1.82) is 0 Å². The summed E-state index contributed by atoms with van der Waals surface area (Å²) in [6.07, 6.45) is 0.413. The number of sulfonamides is 1. The van der Waals surface area contributed by atoms with Crippen LogP contribution < -0.4 is 9.62 Å². The van der Waals surface area contributed by atoms with Crippen LogP contribution in [0.25, 0.3) is 0 Å². The van der Waals surface area contributed by atoms with Crippen molar-refractivity contribution in [3.05, 3.63) is 29.8 Å². The Balaban J connectivity index is 2.61. The quantitative estimate of drug-likeness (QED) is 0.750. The zero-order valence-corrected chi connectivity index (χ0v) is 10.1. The third-order valence-electron chi connectivity index (χ3n) is 2.00. The predicted octanol–water partition coefficient (Wildman–Crippen LogP) is 0.718. The highest BCUT2D eigenvalue weighted by molar-refractivity contribution is 7.89. The zero-order valence-electron chi connectivity index (χ0n) is 9.26. The van der Waals surface area contributed by atoms with Crippen LogP contribution in [0.15, 0.2) is 24.3 Å². The number of hydrogen-bond donors (Lipinski definition) is 1. The van der Waals surface area contributed by atoms with Crippen molar-refractivity contribution >= 4 is 10.0 Å². The lowest BCUT2D eigenvalue weighted by Gasteiger charge is -2.05. The number of benzene rings is 1. The minimum atomic E-state index is -3.36. The molecule has 5 nitrogen and oxygen atoms in total. The van der Waals surface area contributed by atoms with Crippen LogP contribution in [0.1, 0.15) is 5.56 Å². The fourth-order valence-corrected chi connectivity index (χ4v) is 2.09. The van der Waals surface area contributed by atoms with E-state index in [1.165, 1.54) is 7.11 Å². The summed E-state index contributed by atoms with van der Waals surface area (Å²) in [6, 6.07) is 7.29. The van der Waals surface area contributed by atoms with Gasteiger partial charge in [-0.3, -0.25) is 4.84 Å². The van der Waals surface area contributed by atoms with Gasteiger partial charge in [-0.25, -0.2) is 8.42 Å². The summed E-state index contributed by atoms with van der Waals surface area (Å²) in [5.41, 5.74) is 0.904. The molecule has 1 rings (SSSR count). The van der Waals surface area contributed by atoms with Crippen molar-refractivity contribution in [2.75, 3.05) is 20.0 Å². The van der Waals surface area contributed by atoms with E-state index in [2.05, 4.69) is 4.84 Å². The summed E-state index contributed by atoms with van der Waals surface area (Å²) in [4.78, 5) is 6.34. The number of methoxy groups -OCH3 is 1. The molecule has 1 N–H and O–H groups in total. The molecule has 0 fully saturated rings.